The van der Waals surface area contributed by atoms with Crippen LogP contribution in [-0.4, -0.2) is 48.4 Å². The first-order valence-electron chi connectivity index (χ1n) is 9.05. The molecule has 5 heteroatoms. The molecule has 1 heterocycles. The molecule has 4 nitrogen and oxygen atoms in total. The van der Waals surface area contributed by atoms with Gasteiger partial charge in [0.15, 0.2) is 0 Å². The monoisotopic (exact) mass is 355 g/mol. The molecule has 3 rings (SSSR count). The molecule has 0 radical (unpaired) electrons. The molecule has 0 bridgehead atoms. The van der Waals surface area contributed by atoms with Gasteiger partial charge in [-0.2, -0.15) is 0 Å². The van der Waals surface area contributed by atoms with Crippen molar-refractivity contribution in [3.8, 4) is 0 Å². The summed E-state index contributed by atoms with van der Waals surface area (Å²) >= 11 is 0. The van der Waals surface area contributed by atoms with Crippen molar-refractivity contribution in [2.24, 2.45) is 0 Å². The van der Waals surface area contributed by atoms with Gasteiger partial charge in [0.2, 0.25) is 5.91 Å². The molecule has 2 aromatic carbocycles. The van der Waals surface area contributed by atoms with Crippen LogP contribution in [0.15, 0.2) is 42.5 Å². The Morgan fingerprint density at radius 2 is 1.65 bits per heavy atom. The lowest BCUT2D eigenvalue weighted by Crippen LogP contribution is -2.48. The quantitative estimate of drug-likeness (QED) is 0.895. The van der Waals surface area contributed by atoms with Gasteiger partial charge in [0.1, 0.15) is 5.82 Å². The van der Waals surface area contributed by atoms with Gasteiger partial charge in [-0.15, -0.1) is 0 Å². The number of aryl methyl sites for hydroxylation is 2. The summed E-state index contributed by atoms with van der Waals surface area (Å²) in [5.41, 5.74) is 4.14. The van der Waals surface area contributed by atoms with Crippen LogP contribution < -0.4 is 5.32 Å². The highest BCUT2D eigenvalue weighted by molar-refractivity contribution is 5.92. The fraction of sp³-hybridized carbons (Fsp3) is 0.381. The lowest BCUT2D eigenvalue weighted by atomic mass is 10.1. The van der Waals surface area contributed by atoms with E-state index in [4.69, 9.17) is 0 Å². The van der Waals surface area contributed by atoms with E-state index >= 15 is 0 Å². The zero-order chi connectivity index (χ0) is 18.5. The van der Waals surface area contributed by atoms with Gasteiger partial charge in [0, 0.05) is 38.4 Å². The molecule has 1 aliphatic rings. The van der Waals surface area contributed by atoms with E-state index in [0.717, 1.165) is 55.1 Å². The molecule has 1 fully saturated rings. The minimum absolute atomic E-state index is 0.0218. The number of hydrogen-bond acceptors (Lipinski definition) is 3. The van der Waals surface area contributed by atoms with Crippen molar-refractivity contribution >= 4 is 11.6 Å². The molecule has 26 heavy (non-hydrogen) atoms. The van der Waals surface area contributed by atoms with E-state index in [1.165, 1.54) is 6.07 Å². The van der Waals surface area contributed by atoms with Crippen molar-refractivity contribution < 1.29 is 9.18 Å². The normalized spacial score (nSPS) is 15.8. The zero-order valence-corrected chi connectivity index (χ0v) is 15.5. The van der Waals surface area contributed by atoms with E-state index in [1.54, 1.807) is 12.1 Å². The summed E-state index contributed by atoms with van der Waals surface area (Å²) in [4.78, 5) is 16.8. The number of benzene rings is 2. The Morgan fingerprint density at radius 3 is 2.31 bits per heavy atom. The zero-order valence-electron chi connectivity index (χ0n) is 15.5. The van der Waals surface area contributed by atoms with Crippen LogP contribution in [0.2, 0.25) is 0 Å². The summed E-state index contributed by atoms with van der Waals surface area (Å²) in [5.74, 6) is -0.169. The average Bonchev–Trinajstić information content (AvgIpc) is 2.55. The first-order chi connectivity index (χ1) is 12.5. The molecular formula is C21H26FN3O. The number of nitrogens with zero attached hydrogens (tertiary/aromatic N) is 2. The first-order valence-corrected chi connectivity index (χ1v) is 9.05. The molecule has 138 valence electrons. The van der Waals surface area contributed by atoms with E-state index < -0.39 is 0 Å². The van der Waals surface area contributed by atoms with Crippen LogP contribution in [0.25, 0.3) is 0 Å². The molecule has 0 aromatic heterocycles. The Balaban J connectivity index is 1.45. The molecular weight excluding hydrogens is 329 g/mol. The average molecular weight is 355 g/mol. The highest BCUT2D eigenvalue weighted by Gasteiger charge is 2.19. The molecule has 0 atom stereocenters. The van der Waals surface area contributed by atoms with Crippen molar-refractivity contribution in [3.05, 3.63) is 65.0 Å². The number of rotatable bonds is 5. The minimum Gasteiger partial charge on any atom is -0.325 e. The number of anilines is 1. The van der Waals surface area contributed by atoms with Crippen molar-refractivity contribution in [2.45, 2.75) is 20.4 Å². The number of carbonyl (C=O) groups is 1. The van der Waals surface area contributed by atoms with E-state index in [-0.39, 0.29) is 11.7 Å². The van der Waals surface area contributed by atoms with Gasteiger partial charge in [-0.3, -0.25) is 14.6 Å². The van der Waals surface area contributed by atoms with Crippen molar-refractivity contribution in [3.63, 3.8) is 0 Å². The van der Waals surface area contributed by atoms with Crippen LogP contribution in [-0.2, 0) is 11.3 Å². The fourth-order valence-corrected chi connectivity index (χ4v) is 3.45. The summed E-state index contributed by atoms with van der Waals surface area (Å²) in [6, 6.07) is 12.8. The second kappa shape index (κ2) is 8.43. The minimum atomic E-state index is -0.191. The van der Waals surface area contributed by atoms with Gasteiger partial charge in [-0.05, 0) is 54.8 Å². The van der Waals surface area contributed by atoms with Crippen LogP contribution in [0.3, 0.4) is 0 Å². The predicted octanol–water partition coefficient (Wildman–Crippen LogP) is 3.20. The molecule has 0 spiro atoms. The number of amides is 1. The number of nitrogens with one attached hydrogen (secondary N) is 1. The van der Waals surface area contributed by atoms with Gasteiger partial charge in [-0.1, -0.05) is 18.2 Å². The van der Waals surface area contributed by atoms with Crippen LogP contribution in [0, 0.1) is 19.7 Å². The Morgan fingerprint density at radius 1 is 1.00 bits per heavy atom. The molecule has 0 saturated carbocycles. The van der Waals surface area contributed by atoms with Crippen LogP contribution >= 0.6 is 0 Å². The third kappa shape index (κ3) is 5.38. The Kier molecular flexibility index (Phi) is 6.01. The topological polar surface area (TPSA) is 35.6 Å². The third-order valence-electron chi connectivity index (χ3n) is 4.63. The largest absolute Gasteiger partial charge is 0.325 e. The van der Waals surface area contributed by atoms with E-state index in [2.05, 4.69) is 21.2 Å². The molecule has 1 aliphatic heterocycles. The van der Waals surface area contributed by atoms with Gasteiger partial charge in [-0.25, -0.2) is 4.39 Å². The Labute approximate surface area is 154 Å². The van der Waals surface area contributed by atoms with Crippen LogP contribution in [0.4, 0.5) is 10.1 Å². The van der Waals surface area contributed by atoms with Gasteiger partial charge in [0.05, 0.1) is 6.54 Å². The van der Waals surface area contributed by atoms with E-state index in [9.17, 15) is 9.18 Å². The van der Waals surface area contributed by atoms with Crippen molar-refractivity contribution in [1.29, 1.82) is 0 Å². The number of carbonyl (C=O) groups excluding carboxylic acids is 1. The lowest BCUT2D eigenvalue weighted by Gasteiger charge is -2.34. The summed E-state index contributed by atoms with van der Waals surface area (Å²) in [5, 5.41) is 2.99. The van der Waals surface area contributed by atoms with Crippen LogP contribution in [0.1, 0.15) is 16.7 Å². The highest BCUT2D eigenvalue weighted by atomic mass is 19.1. The summed E-state index contributed by atoms with van der Waals surface area (Å²) in [6.45, 7) is 8.66. The molecule has 1 N–H and O–H groups in total. The standard InChI is InChI=1S/C21H26FN3O/c1-16-10-17(2)12-20(11-16)23-21(26)15-25-8-6-24(7-9-25)14-18-4-3-5-19(22)13-18/h3-5,10-13H,6-9,14-15H2,1-2H3,(H,23,26). The van der Waals surface area contributed by atoms with Crippen molar-refractivity contribution in [2.75, 3.05) is 38.0 Å². The molecule has 0 aliphatic carbocycles. The first kappa shape index (κ1) is 18.5. The Bertz CT molecular complexity index is 749. The lowest BCUT2D eigenvalue weighted by molar-refractivity contribution is -0.117. The number of halogens is 1. The maximum absolute atomic E-state index is 13.3. The molecule has 0 unspecified atom stereocenters. The summed E-state index contributed by atoms with van der Waals surface area (Å²) in [7, 11) is 0. The smallest absolute Gasteiger partial charge is 0.238 e. The van der Waals surface area contributed by atoms with Gasteiger partial charge in [0.25, 0.3) is 0 Å². The fourth-order valence-electron chi connectivity index (χ4n) is 3.45. The number of piperazine rings is 1. The summed E-state index contributed by atoms with van der Waals surface area (Å²) < 4.78 is 13.3. The molecule has 1 saturated heterocycles. The molecule has 1 amide bonds. The highest BCUT2D eigenvalue weighted by Crippen LogP contribution is 2.14. The maximum atomic E-state index is 13.3. The maximum Gasteiger partial charge on any atom is 0.238 e. The Hall–Kier alpha value is -2.24. The van der Waals surface area contributed by atoms with Crippen LogP contribution in [0.5, 0.6) is 0 Å². The summed E-state index contributed by atoms with van der Waals surface area (Å²) in [6.07, 6.45) is 0. The van der Waals surface area contributed by atoms with Gasteiger partial charge < -0.3 is 5.32 Å². The second-order valence-corrected chi connectivity index (χ2v) is 7.11. The van der Waals surface area contributed by atoms with Gasteiger partial charge >= 0.3 is 0 Å². The third-order valence-corrected chi connectivity index (χ3v) is 4.63. The molecule has 2 aromatic rings. The van der Waals surface area contributed by atoms with E-state index in [0.29, 0.717) is 6.54 Å². The predicted molar refractivity (Wildman–Crippen MR) is 103 cm³/mol. The SMILES string of the molecule is Cc1cc(C)cc(NC(=O)CN2CCN(Cc3cccc(F)c3)CC2)c1. The van der Waals surface area contributed by atoms with E-state index in [1.807, 2.05) is 32.0 Å². The van der Waals surface area contributed by atoms with Crippen molar-refractivity contribution in [1.82, 2.24) is 9.80 Å². The number of hydrogen-bond donors (Lipinski definition) is 1. The second-order valence-electron chi connectivity index (χ2n) is 7.11.